The number of amides is 1. The van der Waals surface area contributed by atoms with E-state index < -0.39 is 5.54 Å². The summed E-state index contributed by atoms with van der Waals surface area (Å²) in [6.45, 7) is 9.73. The molecule has 6 nitrogen and oxygen atoms in total. The van der Waals surface area contributed by atoms with Crippen molar-refractivity contribution >= 4 is 11.9 Å². The Morgan fingerprint density at radius 2 is 2.14 bits per heavy atom. The van der Waals surface area contributed by atoms with E-state index in [1.165, 1.54) is 5.56 Å². The van der Waals surface area contributed by atoms with Crippen LogP contribution in [0.1, 0.15) is 25.2 Å². The molecule has 3 heterocycles. The maximum Gasteiger partial charge on any atom is 0.207 e. The number of hydrogen-bond acceptors (Lipinski definition) is 4. The molecular formula is C16H24N4O2. The topological polar surface area (TPSA) is 67.7 Å². The quantitative estimate of drug-likeness (QED) is 0.837. The van der Waals surface area contributed by atoms with Gasteiger partial charge in [-0.3, -0.25) is 4.79 Å². The van der Waals surface area contributed by atoms with Gasteiger partial charge in [-0.1, -0.05) is 6.07 Å². The second-order valence-corrected chi connectivity index (χ2v) is 5.78. The molecule has 1 aliphatic heterocycles. The van der Waals surface area contributed by atoms with Gasteiger partial charge in [-0.15, -0.1) is 0 Å². The van der Waals surface area contributed by atoms with Gasteiger partial charge in [0.15, 0.2) is 0 Å². The van der Waals surface area contributed by atoms with Crippen molar-refractivity contribution in [3.8, 4) is 0 Å². The zero-order valence-electron chi connectivity index (χ0n) is 13.4. The van der Waals surface area contributed by atoms with Crippen LogP contribution in [0.2, 0.25) is 0 Å². The molecule has 0 unspecified atom stereocenters. The van der Waals surface area contributed by atoms with Gasteiger partial charge in [0.05, 0.1) is 30.5 Å². The van der Waals surface area contributed by atoms with Gasteiger partial charge in [0.1, 0.15) is 5.82 Å². The Labute approximate surface area is 130 Å². The van der Waals surface area contributed by atoms with Gasteiger partial charge < -0.3 is 19.8 Å². The van der Waals surface area contributed by atoms with Crippen LogP contribution in [0.5, 0.6) is 0 Å². The van der Waals surface area contributed by atoms with Crippen LogP contribution in [0.3, 0.4) is 0 Å². The number of nitrogens with zero attached hydrogens (tertiary/aromatic N) is 2. The molecule has 2 N–H and O–H groups in total. The molecule has 0 atom stereocenters. The van der Waals surface area contributed by atoms with E-state index in [4.69, 9.17) is 4.74 Å². The molecule has 1 fully saturated rings. The average molecular weight is 304 g/mol. The minimum Gasteiger partial charge on any atom is -0.379 e. The third kappa shape index (κ3) is 3.84. The van der Waals surface area contributed by atoms with Crippen molar-refractivity contribution in [3.05, 3.63) is 35.9 Å². The lowest BCUT2D eigenvalue weighted by atomic mass is 10.1. The smallest absolute Gasteiger partial charge is 0.207 e. The Morgan fingerprint density at radius 1 is 1.41 bits per heavy atom. The van der Waals surface area contributed by atoms with E-state index in [-0.39, 0.29) is 0 Å². The van der Waals surface area contributed by atoms with Crippen LogP contribution >= 0.6 is 0 Å². The molecule has 1 saturated heterocycles. The summed E-state index contributed by atoms with van der Waals surface area (Å²) in [6.07, 6.45) is 4.49. The van der Waals surface area contributed by atoms with E-state index in [9.17, 15) is 4.79 Å². The number of carbonyl (C=O) groups is 1. The summed E-state index contributed by atoms with van der Waals surface area (Å²) < 4.78 is 7.01. The second-order valence-electron chi connectivity index (χ2n) is 5.78. The summed E-state index contributed by atoms with van der Waals surface area (Å²) in [6, 6.07) is 4.02. The zero-order valence-corrected chi connectivity index (χ0v) is 13.4. The third-order valence-electron chi connectivity index (χ3n) is 3.61. The zero-order chi connectivity index (χ0) is 16.0. The summed E-state index contributed by atoms with van der Waals surface area (Å²) >= 11 is 0. The number of rotatable bonds is 3. The van der Waals surface area contributed by atoms with Crippen molar-refractivity contribution in [2.45, 2.75) is 26.3 Å². The fourth-order valence-corrected chi connectivity index (χ4v) is 2.35. The number of morpholine rings is 1. The monoisotopic (exact) mass is 304 g/mol. The molecule has 6 heteroatoms. The highest BCUT2D eigenvalue weighted by atomic mass is 16.5. The molecule has 0 aliphatic carbocycles. The summed E-state index contributed by atoms with van der Waals surface area (Å²) in [4.78, 5) is 15.0. The standard InChI is InChI=1S/C12H15N3O.C4H9NO/c1-9-5-4-6-15-10(9)7-13-11(15)12(2,3)14-8-16;1-3-6-4-2-5-1/h4-8H,1-3H3,(H,14,16);5H,1-4H2. The maximum atomic E-state index is 10.6. The van der Waals surface area contributed by atoms with Crippen molar-refractivity contribution in [1.82, 2.24) is 20.0 Å². The lowest BCUT2D eigenvalue weighted by Crippen LogP contribution is -2.37. The van der Waals surface area contributed by atoms with Crippen molar-refractivity contribution in [1.29, 1.82) is 0 Å². The normalized spacial score (nSPS) is 15.0. The van der Waals surface area contributed by atoms with Crippen molar-refractivity contribution < 1.29 is 9.53 Å². The fourth-order valence-electron chi connectivity index (χ4n) is 2.35. The number of hydrogen-bond donors (Lipinski definition) is 2. The molecule has 0 saturated carbocycles. The van der Waals surface area contributed by atoms with Gasteiger partial charge in [-0.2, -0.15) is 0 Å². The van der Waals surface area contributed by atoms with Crippen LogP contribution in [0.15, 0.2) is 24.5 Å². The molecule has 1 amide bonds. The molecular weight excluding hydrogens is 280 g/mol. The summed E-state index contributed by atoms with van der Waals surface area (Å²) in [5.74, 6) is 0.832. The Kier molecular flexibility index (Phi) is 5.51. The van der Waals surface area contributed by atoms with Crippen LogP contribution in [0.25, 0.3) is 5.52 Å². The minimum absolute atomic E-state index is 0.470. The SMILES string of the molecule is C1COCCN1.Cc1cccn2c(C(C)(C)NC=O)ncc12. The maximum absolute atomic E-state index is 10.6. The van der Waals surface area contributed by atoms with Gasteiger partial charge in [-0.05, 0) is 32.4 Å². The molecule has 2 aromatic rings. The Morgan fingerprint density at radius 3 is 2.68 bits per heavy atom. The van der Waals surface area contributed by atoms with Gasteiger partial charge in [-0.25, -0.2) is 4.98 Å². The van der Waals surface area contributed by atoms with E-state index >= 15 is 0 Å². The van der Waals surface area contributed by atoms with Crippen molar-refractivity contribution in [2.75, 3.05) is 26.3 Å². The number of fused-ring (bicyclic) bond motifs is 1. The van der Waals surface area contributed by atoms with Crippen LogP contribution < -0.4 is 10.6 Å². The van der Waals surface area contributed by atoms with Crippen molar-refractivity contribution in [2.24, 2.45) is 0 Å². The van der Waals surface area contributed by atoms with E-state index in [1.54, 1.807) is 0 Å². The number of ether oxygens (including phenoxy) is 1. The number of nitrogens with one attached hydrogen (secondary N) is 2. The summed E-state index contributed by atoms with van der Waals surface area (Å²) in [5, 5.41) is 5.93. The fraction of sp³-hybridized carbons (Fsp3) is 0.500. The van der Waals surface area contributed by atoms with Crippen LogP contribution in [-0.2, 0) is 15.1 Å². The molecule has 22 heavy (non-hydrogen) atoms. The first kappa shape index (κ1) is 16.5. The first-order valence-electron chi connectivity index (χ1n) is 7.49. The predicted molar refractivity (Wildman–Crippen MR) is 85.8 cm³/mol. The van der Waals surface area contributed by atoms with Crippen LogP contribution in [0.4, 0.5) is 0 Å². The number of aryl methyl sites for hydroxylation is 1. The van der Waals surface area contributed by atoms with Crippen LogP contribution in [0, 0.1) is 6.92 Å². The Bertz CT molecular complexity index is 606. The third-order valence-corrected chi connectivity index (χ3v) is 3.61. The molecule has 0 bridgehead atoms. The Balaban J connectivity index is 0.000000246. The molecule has 120 valence electrons. The lowest BCUT2D eigenvalue weighted by Gasteiger charge is -2.22. The molecule has 2 aromatic heterocycles. The number of carbonyl (C=O) groups excluding carboxylic acids is 1. The number of aromatic nitrogens is 2. The largest absolute Gasteiger partial charge is 0.379 e. The first-order valence-corrected chi connectivity index (χ1v) is 7.49. The van der Waals surface area contributed by atoms with E-state index in [2.05, 4.69) is 15.6 Å². The van der Waals surface area contributed by atoms with E-state index in [0.717, 1.165) is 37.6 Å². The minimum atomic E-state index is -0.470. The van der Waals surface area contributed by atoms with Crippen molar-refractivity contribution in [3.63, 3.8) is 0 Å². The van der Waals surface area contributed by atoms with E-state index in [1.807, 2.05) is 49.7 Å². The summed E-state index contributed by atoms with van der Waals surface area (Å²) in [5.41, 5.74) is 1.77. The Hall–Kier alpha value is -1.92. The molecule has 0 aromatic carbocycles. The second kappa shape index (κ2) is 7.38. The predicted octanol–water partition coefficient (Wildman–Crippen LogP) is 1.23. The molecule has 0 spiro atoms. The highest BCUT2D eigenvalue weighted by Crippen LogP contribution is 2.21. The van der Waals surface area contributed by atoms with Crippen LogP contribution in [-0.4, -0.2) is 42.1 Å². The molecule has 0 radical (unpaired) electrons. The average Bonchev–Trinajstić information content (AvgIpc) is 2.96. The first-order chi connectivity index (χ1) is 10.6. The number of pyridine rings is 1. The number of imidazole rings is 1. The van der Waals surface area contributed by atoms with E-state index in [0.29, 0.717) is 6.41 Å². The highest BCUT2D eigenvalue weighted by molar-refractivity contribution is 5.55. The van der Waals surface area contributed by atoms with Gasteiger partial charge >= 0.3 is 0 Å². The lowest BCUT2D eigenvalue weighted by molar-refractivity contribution is -0.111. The van der Waals surface area contributed by atoms with Gasteiger partial charge in [0, 0.05) is 19.3 Å². The highest BCUT2D eigenvalue weighted by Gasteiger charge is 2.24. The molecule has 1 aliphatic rings. The van der Waals surface area contributed by atoms with Gasteiger partial charge in [0.25, 0.3) is 0 Å². The molecule has 3 rings (SSSR count). The summed E-state index contributed by atoms with van der Waals surface area (Å²) in [7, 11) is 0. The van der Waals surface area contributed by atoms with Gasteiger partial charge in [0.2, 0.25) is 6.41 Å².